The van der Waals surface area contributed by atoms with Gasteiger partial charge in [-0.15, -0.1) is 0 Å². The quantitative estimate of drug-likeness (QED) is 0.342. The summed E-state index contributed by atoms with van der Waals surface area (Å²) in [4.78, 5) is 20.4. The van der Waals surface area contributed by atoms with Crippen LogP contribution in [0.4, 0.5) is 20.7 Å². The number of aromatic nitrogens is 3. The number of anilines is 2. The van der Waals surface area contributed by atoms with Crippen LogP contribution in [0, 0.1) is 5.82 Å². The third kappa shape index (κ3) is 4.63. The van der Waals surface area contributed by atoms with Crippen molar-refractivity contribution in [3.8, 4) is 0 Å². The molecule has 4 aromatic rings. The second-order valence-electron chi connectivity index (χ2n) is 7.22. The van der Waals surface area contributed by atoms with Crippen molar-refractivity contribution in [2.75, 3.05) is 12.4 Å². The van der Waals surface area contributed by atoms with Crippen LogP contribution in [0.25, 0.3) is 11.0 Å². The zero-order valence-electron chi connectivity index (χ0n) is 17.4. The van der Waals surface area contributed by atoms with E-state index in [-0.39, 0.29) is 33.2 Å². The van der Waals surface area contributed by atoms with E-state index >= 15 is 0 Å². The lowest BCUT2D eigenvalue weighted by Gasteiger charge is -2.11. The van der Waals surface area contributed by atoms with E-state index in [4.69, 9.17) is 23.2 Å². The fourth-order valence-corrected chi connectivity index (χ4v) is 4.99. The number of pyridine rings is 2. The Morgan fingerprint density at radius 2 is 1.94 bits per heavy atom. The predicted octanol–water partition coefficient (Wildman–Crippen LogP) is 4.97. The van der Waals surface area contributed by atoms with Gasteiger partial charge in [0, 0.05) is 24.2 Å². The van der Waals surface area contributed by atoms with Crippen molar-refractivity contribution in [3.05, 3.63) is 76.4 Å². The topological polar surface area (TPSA) is 117 Å². The van der Waals surface area contributed by atoms with E-state index < -0.39 is 21.9 Å². The number of nitrogens with one attached hydrogen (secondary N) is 1. The van der Waals surface area contributed by atoms with E-state index in [0.29, 0.717) is 16.6 Å². The van der Waals surface area contributed by atoms with Crippen molar-refractivity contribution in [3.63, 3.8) is 0 Å². The number of hydrogen-bond acceptors (Lipinski definition) is 6. The van der Waals surface area contributed by atoms with Gasteiger partial charge in [-0.3, -0.25) is 0 Å². The summed E-state index contributed by atoms with van der Waals surface area (Å²) in [5.74, 6) is -0.478. The van der Waals surface area contributed by atoms with Crippen LogP contribution in [0.15, 0.2) is 59.6 Å². The second kappa shape index (κ2) is 9.09. The highest BCUT2D eigenvalue weighted by Crippen LogP contribution is 2.30. The molecule has 0 fully saturated rings. The molecule has 9 nitrogen and oxygen atoms in total. The molecule has 0 spiro atoms. The lowest BCUT2D eigenvalue weighted by Crippen LogP contribution is -2.23. The Morgan fingerprint density at radius 1 is 1.18 bits per heavy atom. The zero-order valence-corrected chi connectivity index (χ0v) is 19.7. The van der Waals surface area contributed by atoms with Gasteiger partial charge < -0.3 is 15.3 Å². The zero-order chi connectivity index (χ0) is 24.6. The molecular weight excluding hydrogens is 508 g/mol. The number of carboxylic acid groups (broad SMARTS) is 1. The second-order valence-corrected chi connectivity index (χ2v) is 9.78. The lowest BCUT2D eigenvalue weighted by molar-refractivity contribution is 0.154. The van der Waals surface area contributed by atoms with Crippen LogP contribution in [0.5, 0.6) is 0 Å². The summed E-state index contributed by atoms with van der Waals surface area (Å²) in [6.45, 7) is -0.0983. The van der Waals surface area contributed by atoms with Gasteiger partial charge in [0.2, 0.25) is 0 Å². The number of fused-ring (bicyclic) bond motifs is 1. The molecule has 3 heterocycles. The van der Waals surface area contributed by atoms with Crippen molar-refractivity contribution < 1.29 is 22.7 Å². The van der Waals surface area contributed by atoms with Crippen LogP contribution in [-0.2, 0) is 16.6 Å². The van der Waals surface area contributed by atoms with E-state index in [0.717, 1.165) is 21.0 Å². The Balaban J connectivity index is 1.87. The molecular formula is C21H16Cl2FN5O4S. The third-order valence-electron chi connectivity index (χ3n) is 4.87. The van der Waals surface area contributed by atoms with E-state index in [1.54, 1.807) is 18.2 Å². The van der Waals surface area contributed by atoms with E-state index in [2.05, 4.69) is 15.3 Å². The van der Waals surface area contributed by atoms with Crippen molar-refractivity contribution in [1.29, 1.82) is 0 Å². The van der Waals surface area contributed by atoms with Crippen LogP contribution in [0.1, 0.15) is 5.56 Å². The average molecular weight is 524 g/mol. The molecule has 2 N–H and O–H groups in total. The highest BCUT2D eigenvalue weighted by Gasteiger charge is 2.24. The highest BCUT2D eigenvalue weighted by molar-refractivity contribution is 7.90. The monoisotopic (exact) mass is 523 g/mol. The minimum absolute atomic E-state index is 0.0149. The SMILES string of the molecule is CN(Cc1cn(S(=O)(=O)c2cccc(F)c2)c2nc(Nc3ccc(Cl)nc3Cl)ccc12)C(=O)O. The van der Waals surface area contributed by atoms with Gasteiger partial charge >= 0.3 is 6.09 Å². The third-order valence-corrected chi connectivity index (χ3v) is 7.01. The minimum atomic E-state index is -4.26. The molecule has 0 aliphatic heterocycles. The fourth-order valence-electron chi connectivity index (χ4n) is 3.23. The summed E-state index contributed by atoms with van der Waals surface area (Å²) < 4.78 is 41.4. The molecule has 0 aliphatic carbocycles. The Hall–Kier alpha value is -3.41. The number of halogens is 3. The first-order valence-electron chi connectivity index (χ1n) is 9.61. The molecule has 0 bridgehead atoms. The summed E-state index contributed by atoms with van der Waals surface area (Å²) in [5, 5.41) is 12.9. The molecule has 0 saturated carbocycles. The standard InChI is InChI=1S/C21H16Cl2FN5O4S/c1-28(21(30)31)10-12-11-29(34(32,33)14-4-2-3-13(24)9-14)20-15(12)5-8-18(27-20)25-16-6-7-17(22)26-19(16)23/h2-9,11H,10H2,1H3,(H,25,27)(H,30,31). The van der Waals surface area contributed by atoms with Gasteiger partial charge in [0.25, 0.3) is 10.0 Å². The molecule has 0 atom stereocenters. The molecule has 13 heteroatoms. The molecule has 3 aromatic heterocycles. The van der Waals surface area contributed by atoms with Crippen molar-refractivity contribution in [1.82, 2.24) is 18.8 Å². The van der Waals surface area contributed by atoms with Crippen LogP contribution < -0.4 is 5.32 Å². The minimum Gasteiger partial charge on any atom is -0.465 e. The first-order chi connectivity index (χ1) is 16.1. The molecule has 34 heavy (non-hydrogen) atoms. The number of hydrogen-bond donors (Lipinski definition) is 2. The summed E-state index contributed by atoms with van der Waals surface area (Å²) in [5.41, 5.74) is 0.793. The van der Waals surface area contributed by atoms with Gasteiger partial charge in [-0.2, -0.15) is 0 Å². The molecule has 4 rings (SSSR count). The number of nitrogens with zero attached hydrogens (tertiary/aromatic N) is 4. The molecule has 0 aliphatic rings. The maximum atomic E-state index is 13.8. The Morgan fingerprint density at radius 3 is 2.62 bits per heavy atom. The number of rotatable bonds is 6. The normalized spacial score (nSPS) is 11.5. The largest absolute Gasteiger partial charge is 0.465 e. The lowest BCUT2D eigenvalue weighted by atomic mass is 10.2. The Kier molecular flexibility index (Phi) is 6.34. The van der Waals surface area contributed by atoms with Gasteiger partial charge in [0.05, 0.1) is 17.1 Å². The van der Waals surface area contributed by atoms with Gasteiger partial charge in [-0.25, -0.2) is 31.5 Å². The van der Waals surface area contributed by atoms with Crippen molar-refractivity contribution >= 4 is 61.9 Å². The number of carbonyl (C=O) groups is 1. The summed E-state index contributed by atoms with van der Waals surface area (Å²) in [6.07, 6.45) is 0.0859. The highest BCUT2D eigenvalue weighted by atomic mass is 35.5. The fraction of sp³-hybridized carbons (Fsp3) is 0.0952. The first kappa shape index (κ1) is 23.7. The number of benzene rings is 1. The summed E-state index contributed by atoms with van der Waals surface area (Å²) >= 11 is 11.9. The Bertz CT molecular complexity index is 1530. The Labute approximate surface area is 203 Å². The van der Waals surface area contributed by atoms with Crippen molar-refractivity contribution in [2.45, 2.75) is 11.4 Å². The molecule has 0 unspecified atom stereocenters. The molecule has 1 aromatic carbocycles. The van der Waals surface area contributed by atoms with Crippen LogP contribution in [0.2, 0.25) is 10.3 Å². The average Bonchev–Trinajstić information content (AvgIpc) is 3.14. The van der Waals surface area contributed by atoms with Crippen LogP contribution in [-0.4, -0.2) is 45.5 Å². The molecule has 0 radical (unpaired) electrons. The first-order valence-corrected chi connectivity index (χ1v) is 11.8. The molecule has 0 saturated heterocycles. The maximum absolute atomic E-state index is 13.8. The smallest absolute Gasteiger partial charge is 0.407 e. The maximum Gasteiger partial charge on any atom is 0.407 e. The number of amides is 1. The summed E-state index contributed by atoms with van der Waals surface area (Å²) in [6, 6.07) is 10.8. The van der Waals surface area contributed by atoms with E-state index in [9.17, 15) is 22.7 Å². The molecule has 1 amide bonds. The molecule has 176 valence electrons. The summed E-state index contributed by atoms with van der Waals surface area (Å²) in [7, 11) is -2.91. The van der Waals surface area contributed by atoms with Crippen LogP contribution in [0.3, 0.4) is 0 Å². The van der Waals surface area contributed by atoms with Crippen molar-refractivity contribution in [2.24, 2.45) is 0 Å². The van der Waals surface area contributed by atoms with E-state index in [1.807, 2.05) is 0 Å². The van der Waals surface area contributed by atoms with Gasteiger partial charge in [0.15, 0.2) is 10.8 Å². The predicted molar refractivity (Wildman–Crippen MR) is 126 cm³/mol. The van der Waals surface area contributed by atoms with E-state index in [1.165, 1.54) is 31.4 Å². The van der Waals surface area contributed by atoms with Gasteiger partial charge in [-0.05, 0) is 42.5 Å². The van der Waals surface area contributed by atoms with Gasteiger partial charge in [0.1, 0.15) is 16.8 Å². The van der Waals surface area contributed by atoms with Gasteiger partial charge in [-0.1, -0.05) is 29.3 Å². The van der Waals surface area contributed by atoms with Crippen LogP contribution >= 0.6 is 23.2 Å².